The predicted molar refractivity (Wildman–Crippen MR) is 58.8 cm³/mol. The van der Waals surface area contributed by atoms with E-state index in [1.807, 2.05) is 0 Å². The summed E-state index contributed by atoms with van der Waals surface area (Å²) in [4.78, 5) is 38.6. The molecule has 1 unspecified atom stereocenters. The van der Waals surface area contributed by atoms with E-state index in [9.17, 15) is 14.4 Å². The summed E-state index contributed by atoms with van der Waals surface area (Å²) in [5.41, 5.74) is -0.850. The summed E-state index contributed by atoms with van der Waals surface area (Å²) in [6.45, 7) is 1.11. The van der Waals surface area contributed by atoms with Gasteiger partial charge in [-0.25, -0.2) is 0 Å². The van der Waals surface area contributed by atoms with Gasteiger partial charge in [0.25, 0.3) is 5.91 Å². The van der Waals surface area contributed by atoms with Gasteiger partial charge in [0, 0.05) is 25.6 Å². The maximum absolute atomic E-state index is 12.5. The maximum Gasteiger partial charge on any atom is 0.259 e. The zero-order valence-electron chi connectivity index (χ0n) is 9.52. The van der Waals surface area contributed by atoms with Gasteiger partial charge in [-0.15, -0.1) is 0 Å². The molecule has 0 aromatic heterocycles. The van der Waals surface area contributed by atoms with Gasteiger partial charge < -0.3 is 4.90 Å². The Labute approximate surface area is 99.1 Å². The predicted octanol–water partition coefficient (Wildman–Crippen LogP) is 0.0664. The fourth-order valence-corrected chi connectivity index (χ4v) is 3.01. The SMILES string of the molecule is O=C1CCCN1C(=O)C12C=CC(=O)N1CCC2. The van der Waals surface area contributed by atoms with Gasteiger partial charge in [0.05, 0.1) is 0 Å². The third-order valence-electron chi connectivity index (χ3n) is 3.88. The molecular formula is C12H14N2O3. The summed E-state index contributed by atoms with van der Waals surface area (Å²) >= 11 is 0. The highest BCUT2D eigenvalue weighted by molar-refractivity contribution is 6.07. The molecule has 0 N–H and O–H groups in total. The van der Waals surface area contributed by atoms with E-state index in [1.54, 1.807) is 11.0 Å². The molecule has 3 heterocycles. The number of nitrogens with zero attached hydrogens (tertiary/aromatic N) is 2. The average Bonchev–Trinajstić information content (AvgIpc) is 2.96. The van der Waals surface area contributed by atoms with Crippen LogP contribution in [0.5, 0.6) is 0 Å². The fourth-order valence-electron chi connectivity index (χ4n) is 3.01. The summed E-state index contributed by atoms with van der Waals surface area (Å²) in [6.07, 6.45) is 5.77. The van der Waals surface area contributed by atoms with Gasteiger partial charge in [0.15, 0.2) is 0 Å². The summed E-state index contributed by atoms with van der Waals surface area (Å²) in [5, 5.41) is 0. The molecule has 90 valence electrons. The van der Waals surface area contributed by atoms with Crippen LogP contribution < -0.4 is 0 Å². The molecule has 17 heavy (non-hydrogen) atoms. The van der Waals surface area contributed by atoms with Crippen molar-refractivity contribution in [1.29, 1.82) is 0 Å². The lowest BCUT2D eigenvalue weighted by molar-refractivity contribution is -0.150. The van der Waals surface area contributed by atoms with Crippen molar-refractivity contribution in [2.75, 3.05) is 13.1 Å². The minimum atomic E-state index is -0.850. The van der Waals surface area contributed by atoms with E-state index in [0.717, 1.165) is 12.8 Å². The minimum absolute atomic E-state index is 0.107. The molecule has 3 aliphatic rings. The van der Waals surface area contributed by atoms with Crippen molar-refractivity contribution >= 4 is 17.7 Å². The van der Waals surface area contributed by atoms with Gasteiger partial charge in [0.1, 0.15) is 5.54 Å². The smallest absolute Gasteiger partial charge is 0.259 e. The molecule has 3 rings (SSSR count). The number of likely N-dealkylation sites (tertiary alicyclic amines) is 1. The van der Waals surface area contributed by atoms with Crippen LogP contribution in [-0.4, -0.2) is 46.1 Å². The van der Waals surface area contributed by atoms with Crippen LogP contribution in [-0.2, 0) is 14.4 Å². The molecular weight excluding hydrogens is 220 g/mol. The van der Waals surface area contributed by atoms with Crippen molar-refractivity contribution in [3.05, 3.63) is 12.2 Å². The number of rotatable bonds is 1. The van der Waals surface area contributed by atoms with Crippen LogP contribution in [0.3, 0.4) is 0 Å². The number of carbonyl (C=O) groups excluding carboxylic acids is 3. The van der Waals surface area contributed by atoms with Gasteiger partial charge in [0.2, 0.25) is 11.8 Å². The van der Waals surface area contributed by atoms with E-state index in [2.05, 4.69) is 0 Å². The quantitative estimate of drug-likeness (QED) is 0.603. The first-order chi connectivity index (χ1) is 8.15. The highest BCUT2D eigenvalue weighted by Gasteiger charge is 2.53. The summed E-state index contributed by atoms with van der Waals surface area (Å²) in [5.74, 6) is -0.425. The largest absolute Gasteiger partial charge is 0.321 e. The lowest BCUT2D eigenvalue weighted by atomic mass is 9.96. The highest BCUT2D eigenvalue weighted by Crippen LogP contribution is 2.37. The summed E-state index contributed by atoms with van der Waals surface area (Å²) in [7, 11) is 0. The van der Waals surface area contributed by atoms with Gasteiger partial charge in [-0.05, 0) is 25.3 Å². The van der Waals surface area contributed by atoms with E-state index in [1.165, 1.54) is 11.0 Å². The van der Waals surface area contributed by atoms with Crippen molar-refractivity contribution in [3.8, 4) is 0 Å². The number of carbonyl (C=O) groups is 3. The normalized spacial score (nSPS) is 31.5. The molecule has 3 aliphatic heterocycles. The Morgan fingerprint density at radius 3 is 2.76 bits per heavy atom. The monoisotopic (exact) mass is 234 g/mol. The van der Waals surface area contributed by atoms with Crippen molar-refractivity contribution in [2.45, 2.75) is 31.2 Å². The van der Waals surface area contributed by atoms with Crippen LogP contribution in [0, 0.1) is 0 Å². The molecule has 0 saturated carbocycles. The van der Waals surface area contributed by atoms with Crippen LogP contribution in [0.4, 0.5) is 0 Å². The number of imide groups is 1. The zero-order valence-corrected chi connectivity index (χ0v) is 9.52. The minimum Gasteiger partial charge on any atom is -0.321 e. The third kappa shape index (κ3) is 1.28. The Hall–Kier alpha value is -1.65. The Morgan fingerprint density at radius 2 is 2.06 bits per heavy atom. The maximum atomic E-state index is 12.5. The van der Waals surface area contributed by atoms with Crippen LogP contribution >= 0.6 is 0 Å². The van der Waals surface area contributed by atoms with E-state index in [4.69, 9.17) is 0 Å². The van der Waals surface area contributed by atoms with E-state index >= 15 is 0 Å². The van der Waals surface area contributed by atoms with Crippen LogP contribution in [0.2, 0.25) is 0 Å². The third-order valence-corrected chi connectivity index (χ3v) is 3.88. The van der Waals surface area contributed by atoms with Gasteiger partial charge in [-0.2, -0.15) is 0 Å². The van der Waals surface area contributed by atoms with Gasteiger partial charge in [-0.3, -0.25) is 19.3 Å². The van der Waals surface area contributed by atoms with E-state index in [0.29, 0.717) is 25.9 Å². The lowest BCUT2D eigenvalue weighted by Gasteiger charge is -2.32. The number of hydrogen-bond donors (Lipinski definition) is 0. The molecule has 0 spiro atoms. The molecule has 1 atom stereocenters. The van der Waals surface area contributed by atoms with E-state index in [-0.39, 0.29) is 17.7 Å². The van der Waals surface area contributed by atoms with Crippen LogP contribution in [0.25, 0.3) is 0 Å². The second-order valence-electron chi connectivity index (χ2n) is 4.81. The first-order valence-corrected chi connectivity index (χ1v) is 6.01. The molecule has 0 aromatic rings. The zero-order chi connectivity index (χ0) is 12.0. The van der Waals surface area contributed by atoms with Crippen molar-refractivity contribution in [3.63, 3.8) is 0 Å². The van der Waals surface area contributed by atoms with Crippen molar-refractivity contribution in [2.24, 2.45) is 0 Å². The highest BCUT2D eigenvalue weighted by atomic mass is 16.2. The second-order valence-corrected chi connectivity index (χ2v) is 4.81. The molecule has 0 bridgehead atoms. The topological polar surface area (TPSA) is 57.7 Å². The van der Waals surface area contributed by atoms with E-state index < -0.39 is 5.54 Å². The van der Waals surface area contributed by atoms with Crippen LogP contribution in [0.15, 0.2) is 12.2 Å². The lowest BCUT2D eigenvalue weighted by Crippen LogP contribution is -2.54. The Kier molecular flexibility index (Phi) is 2.11. The Morgan fingerprint density at radius 1 is 1.24 bits per heavy atom. The molecule has 2 fully saturated rings. The van der Waals surface area contributed by atoms with Crippen LogP contribution in [0.1, 0.15) is 25.7 Å². The molecule has 0 aromatic carbocycles. The molecule has 2 saturated heterocycles. The van der Waals surface area contributed by atoms with Crippen molar-refractivity contribution in [1.82, 2.24) is 9.80 Å². The van der Waals surface area contributed by atoms with Gasteiger partial charge in [-0.1, -0.05) is 0 Å². The summed E-state index contributed by atoms with van der Waals surface area (Å²) < 4.78 is 0. The molecule has 3 amide bonds. The molecule has 0 radical (unpaired) electrons. The number of fused-ring (bicyclic) bond motifs is 1. The molecule has 0 aliphatic carbocycles. The van der Waals surface area contributed by atoms with Crippen molar-refractivity contribution < 1.29 is 14.4 Å². The number of hydrogen-bond acceptors (Lipinski definition) is 3. The molecule has 5 nitrogen and oxygen atoms in total. The first-order valence-electron chi connectivity index (χ1n) is 6.01. The second kappa shape index (κ2) is 3.42. The first kappa shape index (κ1) is 10.5. The average molecular weight is 234 g/mol. The summed E-state index contributed by atoms with van der Waals surface area (Å²) in [6, 6.07) is 0. The fraction of sp³-hybridized carbons (Fsp3) is 0.583. The Balaban J connectivity index is 1.93. The standard InChI is InChI=1S/C12H14N2O3/c15-9-3-1-7-13(9)11(17)12-5-2-8-14(12)10(16)4-6-12/h4,6H,1-3,5,7-8H2. The van der Waals surface area contributed by atoms with Gasteiger partial charge >= 0.3 is 0 Å². The number of amides is 3. The Bertz CT molecular complexity index is 443. The molecule has 5 heteroatoms.